The minimum atomic E-state index is 0.243. The molecule has 8 rings (SSSR count). The maximum atomic E-state index is 5.00. The van der Waals surface area contributed by atoms with Crippen molar-refractivity contribution in [3.63, 3.8) is 0 Å². The largest absolute Gasteiger partial charge is 0.373 e. The zero-order chi connectivity index (χ0) is 35.3. The van der Waals surface area contributed by atoms with E-state index in [-0.39, 0.29) is 5.92 Å². The topological polar surface area (TPSA) is 23.8 Å². The van der Waals surface area contributed by atoms with E-state index in [2.05, 4.69) is 173 Å². The third-order valence-electron chi connectivity index (χ3n) is 9.82. The lowest BCUT2D eigenvalue weighted by molar-refractivity contribution is 0.521. The summed E-state index contributed by atoms with van der Waals surface area (Å²) in [5, 5.41) is 1.31. The maximum absolute atomic E-state index is 5.00. The Bertz CT molecular complexity index is 2270. The molecule has 0 fully saturated rings. The molecule has 2 heterocycles. The van der Waals surface area contributed by atoms with Gasteiger partial charge < -0.3 is 14.4 Å². The number of allylic oxidation sites excluding steroid dienone is 4. The SMILES string of the molecule is C/C=C\C=C/C1=NC(c2ccc(-n3c4c(c5cc(Cc6ccccc6)ccc53)C(CN(c3[c]c[c]c[c]3)c3ccccc3)CC=C4)cc2)=CN(C)C1. The maximum Gasteiger partial charge on any atom is 0.0864 e. The van der Waals surface area contributed by atoms with Gasteiger partial charge in [0.25, 0.3) is 0 Å². The van der Waals surface area contributed by atoms with E-state index < -0.39 is 0 Å². The fourth-order valence-electron chi connectivity index (χ4n) is 7.45. The lowest BCUT2D eigenvalue weighted by atomic mass is 9.87. The van der Waals surface area contributed by atoms with Crippen molar-refractivity contribution in [2.24, 2.45) is 4.99 Å². The molecule has 0 amide bonds. The van der Waals surface area contributed by atoms with Crippen LogP contribution in [0.25, 0.3) is 28.4 Å². The van der Waals surface area contributed by atoms with E-state index in [0.717, 1.165) is 60.0 Å². The van der Waals surface area contributed by atoms with Crippen LogP contribution in [0.5, 0.6) is 0 Å². The molecule has 2 aliphatic rings. The van der Waals surface area contributed by atoms with Crippen LogP contribution < -0.4 is 4.90 Å². The smallest absolute Gasteiger partial charge is 0.0864 e. The van der Waals surface area contributed by atoms with E-state index in [1.807, 2.05) is 31.2 Å². The Morgan fingerprint density at radius 1 is 0.865 bits per heavy atom. The number of benzene rings is 5. The second-order valence-electron chi connectivity index (χ2n) is 13.5. The van der Waals surface area contributed by atoms with Crippen LogP contribution in [0.4, 0.5) is 11.4 Å². The highest BCUT2D eigenvalue weighted by atomic mass is 15.1. The summed E-state index contributed by atoms with van der Waals surface area (Å²) in [5.74, 6) is 0.243. The lowest BCUT2D eigenvalue weighted by Crippen LogP contribution is -2.25. The predicted octanol–water partition coefficient (Wildman–Crippen LogP) is 10.8. The molecule has 0 N–H and O–H groups in total. The van der Waals surface area contributed by atoms with Gasteiger partial charge in [-0.3, -0.25) is 0 Å². The van der Waals surface area contributed by atoms with E-state index in [1.165, 1.54) is 33.3 Å². The van der Waals surface area contributed by atoms with Gasteiger partial charge in [0, 0.05) is 60.2 Å². The molecule has 1 aliphatic carbocycles. The van der Waals surface area contributed by atoms with Gasteiger partial charge in [0.1, 0.15) is 0 Å². The second kappa shape index (κ2) is 15.0. The summed E-state index contributed by atoms with van der Waals surface area (Å²) in [6.07, 6.45) is 16.9. The monoisotopic (exact) mass is 673 g/mol. The molecule has 3 radical (unpaired) electrons. The van der Waals surface area contributed by atoms with Gasteiger partial charge in [-0.25, -0.2) is 4.99 Å². The number of hydrogen-bond acceptors (Lipinski definition) is 3. The highest BCUT2D eigenvalue weighted by Crippen LogP contribution is 2.42. The molecule has 1 unspecified atom stereocenters. The van der Waals surface area contributed by atoms with Crippen molar-refractivity contribution in [1.29, 1.82) is 0 Å². The minimum absolute atomic E-state index is 0.243. The number of anilines is 2. The van der Waals surface area contributed by atoms with Crippen molar-refractivity contribution in [3.05, 3.63) is 198 Å². The van der Waals surface area contributed by atoms with E-state index in [4.69, 9.17) is 4.99 Å². The van der Waals surface area contributed by atoms with E-state index in [0.29, 0.717) is 0 Å². The summed E-state index contributed by atoms with van der Waals surface area (Å²) < 4.78 is 2.45. The van der Waals surface area contributed by atoms with Crippen LogP contribution in [-0.2, 0) is 6.42 Å². The number of hydrogen-bond donors (Lipinski definition) is 0. The van der Waals surface area contributed by atoms with Gasteiger partial charge >= 0.3 is 0 Å². The molecule has 1 aromatic heterocycles. The van der Waals surface area contributed by atoms with Gasteiger partial charge in [0.2, 0.25) is 0 Å². The molecule has 0 saturated carbocycles. The lowest BCUT2D eigenvalue weighted by Gasteiger charge is -2.30. The average Bonchev–Trinajstić information content (AvgIpc) is 3.52. The van der Waals surface area contributed by atoms with Crippen LogP contribution >= 0.6 is 0 Å². The van der Waals surface area contributed by atoms with Gasteiger partial charge in [-0.15, -0.1) is 0 Å². The fraction of sp³-hybridized carbons (Fsp3) is 0.146. The minimum Gasteiger partial charge on any atom is -0.373 e. The molecule has 253 valence electrons. The predicted molar refractivity (Wildman–Crippen MR) is 217 cm³/mol. The molecule has 52 heavy (non-hydrogen) atoms. The van der Waals surface area contributed by atoms with E-state index >= 15 is 0 Å². The van der Waals surface area contributed by atoms with Crippen LogP contribution in [-0.4, -0.2) is 35.3 Å². The quantitative estimate of drug-likeness (QED) is 0.135. The first-order valence-electron chi connectivity index (χ1n) is 18.0. The second-order valence-corrected chi connectivity index (χ2v) is 13.5. The first-order chi connectivity index (χ1) is 25.6. The van der Waals surface area contributed by atoms with Crippen molar-refractivity contribution >= 4 is 39.8 Å². The van der Waals surface area contributed by atoms with Crippen LogP contribution in [0.15, 0.2) is 157 Å². The Balaban J connectivity index is 1.22. The van der Waals surface area contributed by atoms with Crippen LogP contribution in [0, 0.1) is 18.2 Å². The zero-order valence-corrected chi connectivity index (χ0v) is 29.7. The molecular weight excluding hydrogens is 633 g/mol. The Morgan fingerprint density at radius 3 is 2.40 bits per heavy atom. The molecule has 1 atom stereocenters. The van der Waals surface area contributed by atoms with Crippen molar-refractivity contribution < 1.29 is 0 Å². The molecule has 1 aliphatic heterocycles. The Kier molecular flexibility index (Phi) is 9.53. The number of nitrogens with zero attached hydrogens (tertiary/aromatic N) is 4. The number of aliphatic imine (C=N–C) groups is 1. The van der Waals surface area contributed by atoms with Gasteiger partial charge in [-0.05, 0) is 103 Å². The summed E-state index contributed by atoms with van der Waals surface area (Å²) >= 11 is 0. The summed E-state index contributed by atoms with van der Waals surface area (Å²) in [5.41, 5.74) is 12.8. The first kappa shape index (κ1) is 33.0. The van der Waals surface area contributed by atoms with Gasteiger partial charge in [0.05, 0.1) is 34.9 Å². The Hall–Kier alpha value is -6.13. The molecule has 0 spiro atoms. The molecule has 6 aromatic rings. The standard InChI is InChI=1S/C48H41N4/c1-3-4-8-19-40-34-50(2)35-45(49-40)38-26-28-43(29-27-38)52-46-30-25-37(31-36-16-9-5-10-17-36)32-44(46)48-39(18-15-24-47(48)52)33-51(41-20-11-6-12-21-41)42-22-13-7-14-23-42/h3-6,8-17,19-21,24-30,32,35,39H,18,31,33-34H2,1-2H3/b4-3-,19-8-. The fourth-order valence-corrected chi connectivity index (χ4v) is 7.45. The summed E-state index contributed by atoms with van der Waals surface area (Å²) in [6, 6.07) is 50.9. The molecule has 0 bridgehead atoms. The van der Waals surface area contributed by atoms with Crippen molar-refractivity contribution in [2.75, 3.05) is 25.0 Å². The van der Waals surface area contributed by atoms with Crippen molar-refractivity contribution in [3.8, 4) is 5.69 Å². The Morgan fingerprint density at radius 2 is 1.63 bits per heavy atom. The van der Waals surface area contributed by atoms with Crippen molar-refractivity contribution in [2.45, 2.75) is 25.7 Å². The average molecular weight is 674 g/mol. The first-order valence-corrected chi connectivity index (χ1v) is 18.0. The number of aromatic nitrogens is 1. The third-order valence-corrected chi connectivity index (χ3v) is 9.82. The highest BCUT2D eigenvalue weighted by Gasteiger charge is 2.28. The summed E-state index contributed by atoms with van der Waals surface area (Å²) in [7, 11) is 2.10. The van der Waals surface area contributed by atoms with Gasteiger partial charge in [-0.1, -0.05) is 91.0 Å². The number of rotatable bonds is 10. The third kappa shape index (κ3) is 6.93. The normalized spacial score (nSPS) is 15.7. The van der Waals surface area contributed by atoms with Crippen LogP contribution in [0.1, 0.15) is 47.2 Å². The van der Waals surface area contributed by atoms with E-state index in [9.17, 15) is 0 Å². The summed E-state index contributed by atoms with van der Waals surface area (Å²) in [6.45, 7) is 3.61. The zero-order valence-electron chi connectivity index (χ0n) is 29.7. The highest BCUT2D eigenvalue weighted by molar-refractivity contribution is 6.01. The number of fused-ring (bicyclic) bond motifs is 3. The molecule has 0 saturated heterocycles. The molecular formula is C48H41N4. The molecule has 4 nitrogen and oxygen atoms in total. The molecule has 4 heteroatoms. The number of para-hydroxylation sites is 1. The van der Waals surface area contributed by atoms with Crippen LogP contribution in [0.3, 0.4) is 0 Å². The molecule has 5 aromatic carbocycles. The van der Waals surface area contributed by atoms with Crippen LogP contribution in [0.2, 0.25) is 0 Å². The van der Waals surface area contributed by atoms with E-state index in [1.54, 1.807) is 0 Å². The van der Waals surface area contributed by atoms with Gasteiger partial charge in [0.15, 0.2) is 0 Å². The van der Waals surface area contributed by atoms with Gasteiger partial charge in [-0.2, -0.15) is 0 Å². The Labute approximate surface area is 307 Å². The van der Waals surface area contributed by atoms with Crippen molar-refractivity contribution in [1.82, 2.24) is 9.47 Å². The summed E-state index contributed by atoms with van der Waals surface area (Å²) in [4.78, 5) is 9.55.